The Kier molecular flexibility index (Phi) is 3.21. The summed E-state index contributed by atoms with van der Waals surface area (Å²) >= 11 is 0. The topological polar surface area (TPSA) is 79.5 Å². The van der Waals surface area contributed by atoms with Crippen LogP contribution in [-0.2, 0) is 0 Å². The van der Waals surface area contributed by atoms with Crippen LogP contribution in [0.25, 0.3) is 44.5 Å². The monoisotopic (exact) mass is 341 g/mol. The molecular weight excluding hydrogens is 326 g/mol. The minimum atomic E-state index is 0.701. The van der Waals surface area contributed by atoms with Gasteiger partial charge in [0.05, 0.1) is 36.4 Å². The van der Waals surface area contributed by atoms with Gasteiger partial charge in [0, 0.05) is 28.0 Å². The van der Waals surface area contributed by atoms with Crippen molar-refractivity contribution in [3.63, 3.8) is 0 Å². The number of fused-ring (bicyclic) bond motifs is 2. The zero-order valence-electron chi connectivity index (χ0n) is 14.0. The van der Waals surface area contributed by atoms with Gasteiger partial charge in [-0.1, -0.05) is 18.2 Å². The fourth-order valence-corrected chi connectivity index (χ4v) is 3.15. The first kappa shape index (κ1) is 14.7. The van der Waals surface area contributed by atoms with Crippen molar-refractivity contribution in [1.82, 2.24) is 25.1 Å². The second kappa shape index (κ2) is 5.70. The van der Waals surface area contributed by atoms with Crippen molar-refractivity contribution in [2.24, 2.45) is 0 Å². The van der Waals surface area contributed by atoms with Gasteiger partial charge in [-0.25, -0.2) is 0 Å². The van der Waals surface area contributed by atoms with Gasteiger partial charge < -0.3 is 9.72 Å². The van der Waals surface area contributed by atoms with Gasteiger partial charge in [0.25, 0.3) is 0 Å². The number of aromatic nitrogens is 5. The molecule has 4 aromatic heterocycles. The molecule has 2 N–H and O–H groups in total. The molecule has 6 heteroatoms. The highest BCUT2D eigenvalue weighted by Gasteiger charge is 2.13. The van der Waals surface area contributed by atoms with Crippen molar-refractivity contribution in [3.05, 3.63) is 61.1 Å². The van der Waals surface area contributed by atoms with Gasteiger partial charge in [-0.3, -0.25) is 15.1 Å². The van der Waals surface area contributed by atoms with Gasteiger partial charge in [0.1, 0.15) is 11.4 Å². The molecule has 0 unspecified atom stereocenters. The normalized spacial score (nSPS) is 11.3. The van der Waals surface area contributed by atoms with Crippen LogP contribution in [0.5, 0.6) is 5.75 Å². The Morgan fingerprint density at radius 1 is 0.962 bits per heavy atom. The molecular formula is C20H15N5O. The number of nitrogens with zero attached hydrogens (tertiary/aromatic N) is 3. The molecule has 126 valence electrons. The van der Waals surface area contributed by atoms with Crippen molar-refractivity contribution in [2.45, 2.75) is 0 Å². The number of hydrogen-bond acceptors (Lipinski definition) is 4. The molecule has 5 aromatic rings. The highest BCUT2D eigenvalue weighted by atomic mass is 16.5. The number of pyridine rings is 2. The van der Waals surface area contributed by atoms with Crippen LogP contribution in [0.2, 0.25) is 0 Å². The predicted octanol–water partition coefficient (Wildman–Crippen LogP) is 4.18. The fraction of sp³-hybridized carbons (Fsp3) is 0.0500. The van der Waals surface area contributed by atoms with E-state index >= 15 is 0 Å². The lowest BCUT2D eigenvalue weighted by atomic mass is 10.1. The number of nitrogens with one attached hydrogen (secondary N) is 2. The number of methoxy groups -OCH3 is 1. The summed E-state index contributed by atoms with van der Waals surface area (Å²) in [6, 6.07) is 14.2. The Morgan fingerprint density at radius 2 is 1.88 bits per heavy atom. The zero-order chi connectivity index (χ0) is 17.5. The number of para-hydroxylation sites is 1. The van der Waals surface area contributed by atoms with E-state index < -0.39 is 0 Å². The first-order valence-electron chi connectivity index (χ1n) is 8.23. The lowest BCUT2D eigenvalue weighted by Gasteiger charge is -2.04. The second-order valence-corrected chi connectivity index (χ2v) is 6.07. The maximum atomic E-state index is 5.26. The van der Waals surface area contributed by atoms with Crippen molar-refractivity contribution < 1.29 is 4.74 Å². The molecule has 4 heterocycles. The third-order valence-corrected chi connectivity index (χ3v) is 4.48. The van der Waals surface area contributed by atoms with Gasteiger partial charge in [-0.15, -0.1) is 0 Å². The first-order valence-corrected chi connectivity index (χ1v) is 8.23. The lowest BCUT2D eigenvalue weighted by Crippen LogP contribution is -1.88. The minimum absolute atomic E-state index is 0.701. The molecule has 5 rings (SSSR count). The van der Waals surface area contributed by atoms with Crippen molar-refractivity contribution >= 4 is 21.8 Å². The summed E-state index contributed by atoms with van der Waals surface area (Å²) in [4.78, 5) is 12.2. The summed E-state index contributed by atoms with van der Waals surface area (Å²) in [6.07, 6.45) is 5.25. The van der Waals surface area contributed by atoms with E-state index in [2.05, 4.69) is 43.3 Å². The number of rotatable bonds is 3. The largest absolute Gasteiger partial charge is 0.495 e. The van der Waals surface area contributed by atoms with Gasteiger partial charge in [0.2, 0.25) is 0 Å². The number of hydrogen-bond donors (Lipinski definition) is 2. The highest BCUT2D eigenvalue weighted by molar-refractivity contribution is 5.96. The molecule has 0 amide bonds. The Bertz CT molecular complexity index is 1200. The van der Waals surface area contributed by atoms with Gasteiger partial charge in [-0.05, 0) is 24.3 Å². The number of benzene rings is 1. The quantitative estimate of drug-likeness (QED) is 0.516. The molecule has 0 aliphatic rings. The fourth-order valence-electron chi connectivity index (χ4n) is 3.15. The van der Waals surface area contributed by atoms with Gasteiger partial charge in [-0.2, -0.15) is 5.10 Å². The van der Waals surface area contributed by atoms with Crippen LogP contribution in [0, 0.1) is 0 Å². The van der Waals surface area contributed by atoms with Crippen LogP contribution in [0.15, 0.2) is 61.1 Å². The zero-order valence-corrected chi connectivity index (χ0v) is 14.0. The summed E-state index contributed by atoms with van der Waals surface area (Å²) in [5.74, 6) is 0.701. The number of H-pyrrole nitrogens is 2. The summed E-state index contributed by atoms with van der Waals surface area (Å²) in [5.41, 5.74) is 5.54. The maximum absolute atomic E-state index is 5.26. The highest BCUT2D eigenvalue weighted by Crippen LogP contribution is 2.31. The Morgan fingerprint density at radius 3 is 2.77 bits per heavy atom. The average Bonchev–Trinajstić information content (AvgIpc) is 3.31. The molecule has 0 radical (unpaired) electrons. The SMILES string of the molecule is COc1cncc(-c2cc3c(-c4cc5ccccc5[nH]4)n[nH]c3cn2)c1. The van der Waals surface area contributed by atoms with E-state index in [1.165, 1.54) is 0 Å². The summed E-state index contributed by atoms with van der Waals surface area (Å²) in [7, 11) is 1.63. The predicted molar refractivity (Wildman–Crippen MR) is 101 cm³/mol. The van der Waals surface area contributed by atoms with Crippen molar-refractivity contribution in [1.29, 1.82) is 0 Å². The van der Waals surface area contributed by atoms with Crippen LogP contribution in [-0.4, -0.2) is 32.3 Å². The number of ether oxygens (including phenoxy) is 1. The molecule has 0 aliphatic heterocycles. The van der Waals surface area contributed by atoms with E-state index in [4.69, 9.17) is 4.74 Å². The molecule has 0 saturated carbocycles. The van der Waals surface area contributed by atoms with Crippen LogP contribution >= 0.6 is 0 Å². The maximum Gasteiger partial charge on any atom is 0.137 e. The van der Waals surface area contributed by atoms with Crippen LogP contribution in [0.3, 0.4) is 0 Å². The van der Waals surface area contributed by atoms with E-state index in [9.17, 15) is 0 Å². The number of aromatic amines is 2. The standard InChI is InChI=1S/C20H15N5O/c1-26-14-6-13(9-21-10-14)17-8-15-19(11-22-17)24-25-20(15)18-7-12-4-2-3-5-16(12)23-18/h2-11,23H,1H3,(H,24,25). The molecule has 26 heavy (non-hydrogen) atoms. The lowest BCUT2D eigenvalue weighted by molar-refractivity contribution is 0.413. The van der Waals surface area contributed by atoms with E-state index in [1.807, 2.05) is 24.3 Å². The third-order valence-electron chi connectivity index (χ3n) is 4.48. The Balaban J connectivity index is 1.67. The molecule has 6 nitrogen and oxygen atoms in total. The van der Waals surface area contributed by atoms with Crippen LogP contribution < -0.4 is 4.74 Å². The van der Waals surface area contributed by atoms with Crippen LogP contribution in [0.1, 0.15) is 0 Å². The first-order chi connectivity index (χ1) is 12.8. The van der Waals surface area contributed by atoms with Gasteiger partial charge >= 0.3 is 0 Å². The van der Waals surface area contributed by atoms with Crippen molar-refractivity contribution in [2.75, 3.05) is 7.11 Å². The van der Waals surface area contributed by atoms with E-state index in [-0.39, 0.29) is 0 Å². The Hall–Kier alpha value is -3.67. The molecule has 1 aromatic carbocycles. The molecule has 0 bridgehead atoms. The smallest absolute Gasteiger partial charge is 0.137 e. The molecule has 0 fully saturated rings. The molecule has 0 saturated heterocycles. The molecule has 0 spiro atoms. The van der Waals surface area contributed by atoms with E-state index in [0.29, 0.717) is 5.75 Å². The van der Waals surface area contributed by atoms with Crippen LogP contribution in [0.4, 0.5) is 0 Å². The minimum Gasteiger partial charge on any atom is -0.495 e. The van der Waals surface area contributed by atoms with E-state index in [1.54, 1.807) is 25.7 Å². The third kappa shape index (κ3) is 2.31. The second-order valence-electron chi connectivity index (χ2n) is 6.07. The molecule has 0 aliphatic carbocycles. The average molecular weight is 341 g/mol. The Labute approximate surface area is 148 Å². The van der Waals surface area contributed by atoms with Gasteiger partial charge in [0.15, 0.2) is 0 Å². The summed E-state index contributed by atoms with van der Waals surface area (Å²) in [5, 5.41) is 9.71. The molecule has 0 atom stereocenters. The summed E-state index contributed by atoms with van der Waals surface area (Å²) in [6.45, 7) is 0. The van der Waals surface area contributed by atoms with Crippen molar-refractivity contribution in [3.8, 4) is 28.4 Å². The summed E-state index contributed by atoms with van der Waals surface area (Å²) < 4.78 is 5.26. The van der Waals surface area contributed by atoms with E-state index in [0.717, 1.165) is 44.5 Å².